The van der Waals surface area contributed by atoms with E-state index in [2.05, 4.69) is 20.6 Å². The predicted molar refractivity (Wildman–Crippen MR) is 103 cm³/mol. The summed E-state index contributed by atoms with van der Waals surface area (Å²) in [7, 11) is 3.00. The fourth-order valence-corrected chi connectivity index (χ4v) is 2.45. The van der Waals surface area contributed by atoms with Gasteiger partial charge in [0, 0.05) is 18.3 Å². The highest BCUT2D eigenvalue weighted by atomic mass is 16.5. The van der Waals surface area contributed by atoms with Crippen LogP contribution in [0.2, 0.25) is 0 Å². The van der Waals surface area contributed by atoms with Crippen LogP contribution < -0.4 is 15.4 Å². The Morgan fingerprint density at radius 2 is 1.78 bits per heavy atom. The molecular formula is C20H20N4O3. The number of rotatable bonds is 7. The fraction of sp³-hybridized carbons (Fsp3) is 0.150. The third-order valence-electron chi connectivity index (χ3n) is 3.86. The Morgan fingerprint density at radius 3 is 2.52 bits per heavy atom. The van der Waals surface area contributed by atoms with Crippen LogP contribution in [0.4, 0.5) is 17.3 Å². The van der Waals surface area contributed by atoms with Crippen LogP contribution in [-0.2, 0) is 11.3 Å². The summed E-state index contributed by atoms with van der Waals surface area (Å²) in [4.78, 5) is 20.1. The number of anilines is 3. The number of hydrogen-bond acceptors (Lipinski definition) is 7. The summed E-state index contributed by atoms with van der Waals surface area (Å²) in [6, 6.07) is 16.6. The molecule has 0 amide bonds. The Kier molecular flexibility index (Phi) is 5.84. The number of ether oxygens (including phenoxy) is 2. The molecule has 7 heteroatoms. The molecule has 1 heterocycles. The molecular weight excluding hydrogens is 344 g/mol. The number of carbonyl (C=O) groups excluding carboxylic acids is 1. The van der Waals surface area contributed by atoms with E-state index in [4.69, 9.17) is 9.47 Å². The molecule has 0 bridgehead atoms. The Balaban J connectivity index is 1.65. The number of nitrogens with one attached hydrogen (secondary N) is 2. The molecule has 27 heavy (non-hydrogen) atoms. The third-order valence-corrected chi connectivity index (χ3v) is 3.86. The first-order valence-electron chi connectivity index (χ1n) is 8.32. The van der Waals surface area contributed by atoms with E-state index in [1.807, 2.05) is 30.3 Å². The van der Waals surface area contributed by atoms with Crippen molar-refractivity contribution >= 4 is 23.3 Å². The Morgan fingerprint density at radius 1 is 1.00 bits per heavy atom. The first kappa shape index (κ1) is 18.2. The van der Waals surface area contributed by atoms with Crippen molar-refractivity contribution in [1.82, 2.24) is 9.97 Å². The molecule has 0 saturated heterocycles. The fourth-order valence-electron chi connectivity index (χ4n) is 2.45. The van der Waals surface area contributed by atoms with Crippen LogP contribution in [0.15, 0.2) is 60.9 Å². The summed E-state index contributed by atoms with van der Waals surface area (Å²) in [5, 5.41) is 6.42. The highest BCUT2D eigenvalue weighted by molar-refractivity contribution is 5.90. The molecule has 0 unspecified atom stereocenters. The summed E-state index contributed by atoms with van der Waals surface area (Å²) in [6.07, 6.45) is 1.48. The average molecular weight is 364 g/mol. The standard InChI is InChI=1S/C20H20N4O3/c1-26-17-8-6-14(7-9-17)12-21-18-11-19(23-13-22-18)24-16-5-3-4-15(10-16)20(25)27-2/h3-11,13H,12H2,1-2H3,(H2,21,22,23,24). The van der Waals surface area contributed by atoms with Crippen LogP contribution in [0.1, 0.15) is 15.9 Å². The maximum absolute atomic E-state index is 11.6. The van der Waals surface area contributed by atoms with Gasteiger partial charge in [0.2, 0.25) is 0 Å². The first-order valence-corrected chi connectivity index (χ1v) is 8.32. The van der Waals surface area contributed by atoms with E-state index in [0.29, 0.717) is 23.7 Å². The van der Waals surface area contributed by atoms with E-state index in [0.717, 1.165) is 17.0 Å². The molecule has 3 aromatic rings. The predicted octanol–water partition coefficient (Wildman–Crippen LogP) is 3.63. The zero-order valence-corrected chi connectivity index (χ0v) is 15.1. The van der Waals surface area contributed by atoms with Gasteiger partial charge < -0.3 is 20.1 Å². The van der Waals surface area contributed by atoms with Gasteiger partial charge in [-0.3, -0.25) is 0 Å². The largest absolute Gasteiger partial charge is 0.497 e. The van der Waals surface area contributed by atoms with Crippen LogP contribution in [0, 0.1) is 0 Å². The highest BCUT2D eigenvalue weighted by Gasteiger charge is 2.06. The molecule has 0 fully saturated rings. The summed E-state index contributed by atoms with van der Waals surface area (Å²) in [5.74, 6) is 1.74. The van der Waals surface area contributed by atoms with E-state index in [1.165, 1.54) is 13.4 Å². The minimum atomic E-state index is -0.386. The van der Waals surface area contributed by atoms with Crippen LogP contribution in [0.5, 0.6) is 5.75 Å². The lowest BCUT2D eigenvalue weighted by Gasteiger charge is -2.10. The van der Waals surface area contributed by atoms with Gasteiger partial charge >= 0.3 is 5.97 Å². The van der Waals surface area contributed by atoms with Gasteiger partial charge in [0.05, 0.1) is 19.8 Å². The summed E-state index contributed by atoms with van der Waals surface area (Å²) in [5.41, 5.74) is 2.31. The Bertz CT molecular complexity index is 913. The molecule has 0 aliphatic carbocycles. The smallest absolute Gasteiger partial charge is 0.337 e. The zero-order chi connectivity index (χ0) is 19.1. The van der Waals surface area contributed by atoms with Crippen molar-refractivity contribution in [3.05, 3.63) is 72.1 Å². The van der Waals surface area contributed by atoms with Crippen LogP contribution in [0.3, 0.4) is 0 Å². The van der Waals surface area contributed by atoms with E-state index in [1.54, 1.807) is 31.4 Å². The van der Waals surface area contributed by atoms with Crippen molar-refractivity contribution in [2.24, 2.45) is 0 Å². The molecule has 0 aliphatic heterocycles. The topological polar surface area (TPSA) is 85.4 Å². The van der Waals surface area contributed by atoms with E-state index in [9.17, 15) is 4.79 Å². The lowest BCUT2D eigenvalue weighted by atomic mass is 10.2. The monoisotopic (exact) mass is 364 g/mol. The average Bonchev–Trinajstić information content (AvgIpc) is 2.72. The van der Waals surface area contributed by atoms with E-state index in [-0.39, 0.29) is 5.97 Å². The van der Waals surface area contributed by atoms with Crippen molar-refractivity contribution in [2.75, 3.05) is 24.9 Å². The molecule has 0 saturated carbocycles. The summed E-state index contributed by atoms with van der Waals surface area (Å²) in [6.45, 7) is 0.623. The Hall–Kier alpha value is -3.61. The number of hydrogen-bond donors (Lipinski definition) is 2. The van der Waals surface area contributed by atoms with Gasteiger partial charge in [-0.25, -0.2) is 14.8 Å². The number of methoxy groups -OCH3 is 2. The second kappa shape index (κ2) is 8.66. The summed E-state index contributed by atoms with van der Waals surface area (Å²) >= 11 is 0. The SMILES string of the molecule is COC(=O)c1cccc(Nc2cc(NCc3ccc(OC)cc3)ncn2)c1. The number of esters is 1. The molecule has 0 aliphatic rings. The maximum atomic E-state index is 11.6. The minimum Gasteiger partial charge on any atom is -0.497 e. The number of carbonyl (C=O) groups is 1. The molecule has 2 aromatic carbocycles. The Labute approximate surface area is 157 Å². The van der Waals surface area contributed by atoms with Crippen molar-refractivity contribution in [3.63, 3.8) is 0 Å². The molecule has 0 atom stereocenters. The van der Waals surface area contributed by atoms with Crippen molar-refractivity contribution in [3.8, 4) is 5.75 Å². The quantitative estimate of drug-likeness (QED) is 0.619. The maximum Gasteiger partial charge on any atom is 0.337 e. The lowest BCUT2D eigenvalue weighted by Crippen LogP contribution is -2.04. The number of nitrogens with zero attached hydrogens (tertiary/aromatic N) is 2. The van der Waals surface area contributed by atoms with Crippen LogP contribution in [-0.4, -0.2) is 30.2 Å². The molecule has 0 radical (unpaired) electrons. The molecule has 138 valence electrons. The van der Waals surface area contributed by atoms with E-state index >= 15 is 0 Å². The van der Waals surface area contributed by atoms with Gasteiger partial charge in [-0.1, -0.05) is 18.2 Å². The van der Waals surface area contributed by atoms with Crippen molar-refractivity contribution in [1.29, 1.82) is 0 Å². The molecule has 1 aromatic heterocycles. The van der Waals surface area contributed by atoms with Gasteiger partial charge in [-0.2, -0.15) is 0 Å². The zero-order valence-electron chi connectivity index (χ0n) is 15.1. The third kappa shape index (κ3) is 4.94. The minimum absolute atomic E-state index is 0.386. The van der Waals surface area contributed by atoms with Gasteiger partial charge in [-0.15, -0.1) is 0 Å². The molecule has 7 nitrogen and oxygen atoms in total. The van der Waals surface area contributed by atoms with Crippen molar-refractivity contribution < 1.29 is 14.3 Å². The van der Waals surface area contributed by atoms with Crippen molar-refractivity contribution in [2.45, 2.75) is 6.54 Å². The molecule has 0 spiro atoms. The lowest BCUT2D eigenvalue weighted by molar-refractivity contribution is 0.0601. The van der Waals surface area contributed by atoms with Gasteiger partial charge in [-0.05, 0) is 35.9 Å². The number of aromatic nitrogens is 2. The van der Waals surface area contributed by atoms with Crippen LogP contribution in [0.25, 0.3) is 0 Å². The van der Waals surface area contributed by atoms with Crippen LogP contribution >= 0.6 is 0 Å². The normalized spacial score (nSPS) is 10.1. The van der Waals surface area contributed by atoms with E-state index < -0.39 is 0 Å². The van der Waals surface area contributed by atoms with Gasteiger partial charge in [0.15, 0.2) is 0 Å². The second-order valence-electron chi connectivity index (χ2n) is 5.69. The highest BCUT2D eigenvalue weighted by Crippen LogP contribution is 2.19. The molecule has 3 rings (SSSR count). The number of benzene rings is 2. The van der Waals surface area contributed by atoms with Gasteiger partial charge in [0.1, 0.15) is 23.7 Å². The summed E-state index contributed by atoms with van der Waals surface area (Å²) < 4.78 is 9.90. The molecule has 2 N–H and O–H groups in total. The van der Waals surface area contributed by atoms with Gasteiger partial charge in [0.25, 0.3) is 0 Å². The first-order chi connectivity index (χ1) is 13.2. The second-order valence-corrected chi connectivity index (χ2v) is 5.69.